The van der Waals surface area contributed by atoms with Crippen molar-refractivity contribution in [1.82, 2.24) is 4.98 Å². The van der Waals surface area contributed by atoms with Crippen molar-refractivity contribution in [2.24, 2.45) is 0 Å². The zero-order valence-corrected chi connectivity index (χ0v) is 11.6. The molecule has 0 atom stereocenters. The summed E-state index contributed by atoms with van der Waals surface area (Å²) in [4.78, 5) is 4.11. The number of nitrogens with zero attached hydrogens (tertiary/aromatic N) is 1. The van der Waals surface area contributed by atoms with Gasteiger partial charge in [0.25, 0.3) is 10.0 Å². The number of anilines is 2. The molecule has 1 aromatic heterocycles. The first kappa shape index (κ1) is 13.9. The lowest BCUT2D eigenvalue weighted by molar-refractivity contribution is 0.601. The molecule has 0 unspecified atom stereocenters. The molecule has 0 aliphatic heterocycles. The fourth-order valence-corrected chi connectivity index (χ4v) is 2.60. The summed E-state index contributed by atoms with van der Waals surface area (Å²) in [5.41, 5.74) is 1.65. The minimum absolute atomic E-state index is 0.178. The molecule has 0 fully saturated rings. The van der Waals surface area contributed by atoms with Crippen LogP contribution in [0.25, 0.3) is 0 Å². The molecule has 1 heterocycles. The molecule has 0 bridgehead atoms. The maximum Gasteiger partial charge on any atom is 0.261 e. The van der Waals surface area contributed by atoms with Gasteiger partial charge in [0.05, 0.1) is 16.8 Å². The van der Waals surface area contributed by atoms with Gasteiger partial charge in [-0.05, 0) is 36.4 Å². The molecule has 0 saturated heterocycles. The normalized spacial score (nSPS) is 10.6. The molecule has 2 aromatic rings. The van der Waals surface area contributed by atoms with E-state index in [1.54, 1.807) is 31.3 Å². The van der Waals surface area contributed by atoms with E-state index < -0.39 is 10.0 Å². The molecular weight excluding hydrogens is 274 g/mol. The van der Waals surface area contributed by atoms with E-state index in [-0.39, 0.29) is 4.90 Å². The zero-order valence-electron chi connectivity index (χ0n) is 10.8. The molecule has 20 heavy (non-hydrogen) atoms. The molecule has 2 rings (SSSR count). The molecule has 102 valence electrons. The summed E-state index contributed by atoms with van der Waals surface area (Å²) < 4.78 is 26.8. The summed E-state index contributed by atoms with van der Waals surface area (Å²) in [6.45, 7) is 0. The Hall–Kier alpha value is -2.52. The molecule has 2 N–H and O–H groups in total. The van der Waals surface area contributed by atoms with Crippen molar-refractivity contribution in [3.8, 4) is 12.3 Å². The lowest BCUT2D eigenvalue weighted by Gasteiger charge is -2.08. The van der Waals surface area contributed by atoms with E-state index >= 15 is 0 Å². The highest BCUT2D eigenvalue weighted by molar-refractivity contribution is 7.92. The Labute approximate surface area is 118 Å². The van der Waals surface area contributed by atoms with E-state index in [2.05, 4.69) is 20.9 Å². The van der Waals surface area contributed by atoms with E-state index in [0.717, 1.165) is 5.69 Å². The van der Waals surface area contributed by atoms with Crippen LogP contribution in [0.1, 0.15) is 5.69 Å². The Bertz CT molecular complexity index is 729. The molecule has 0 amide bonds. The molecule has 0 radical (unpaired) electrons. The van der Waals surface area contributed by atoms with Gasteiger partial charge in [-0.2, -0.15) is 0 Å². The summed E-state index contributed by atoms with van der Waals surface area (Å²) in [5.74, 6) is 2.37. The van der Waals surface area contributed by atoms with Crippen LogP contribution in [-0.2, 0) is 10.0 Å². The number of rotatable bonds is 4. The predicted octanol–water partition coefficient (Wildman–Crippen LogP) is 1.91. The third kappa shape index (κ3) is 3.08. The van der Waals surface area contributed by atoms with Gasteiger partial charge in [-0.3, -0.25) is 4.72 Å². The van der Waals surface area contributed by atoms with Crippen LogP contribution in [0.2, 0.25) is 0 Å². The van der Waals surface area contributed by atoms with Gasteiger partial charge in [-0.15, -0.1) is 6.42 Å². The largest absolute Gasteiger partial charge is 0.388 e. The molecule has 0 spiro atoms. The number of hydrogen-bond donors (Lipinski definition) is 2. The second-order valence-corrected chi connectivity index (χ2v) is 5.64. The Morgan fingerprint density at radius 2 is 1.75 bits per heavy atom. The monoisotopic (exact) mass is 287 g/mol. The molecule has 5 nitrogen and oxygen atoms in total. The highest BCUT2D eigenvalue weighted by Gasteiger charge is 2.13. The van der Waals surface area contributed by atoms with Crippen LogP contribution in [0, 0.1) is 12.3 Å². The van der Waals surface area contributed by atoms with Gasteiger partial charge in [0, 0.05) is 12.7 Å². The van der Waals surface area contributed by atoms with Crippen molar-refractivity contribution in [2.75, 3.05) is 17.1 Å². The van der Waals surface area contributed by atoms with Crippen LogP contribution in [0.4, 0.5) is 11.4 Å². The van der Waals surface area contributed by atoms with Gasteiger partial charge in [0.15, 0.2) is 0 Å². The molecule has 0 saturated carbocycles. The SMILES string of the molecule is C#Cc1ccc(NS(=O)(=O)c2ccc(NC)cc2)cn1. The summed E-state index contributed by atoms with van der Waals surface area (Å²) >= 11 is 0. The molecule has 0 aliphatic carbocycles. The Morgan fingerprint density at radius 1 is 1.10 bits per heavy atom. The minimum Gasteiger partial charge on any atom is -0.388 e. The average molecular weight is 287 g/mol. The minimum atomic E-state index is -3.63. The third-order valence-electron chi connectivity index (χ3n) is 2.62. The first-order valence-corrected chi connectivity index (χ1v) is 7.27. The van der Waals surface area contributed by atoms with Gasteiger partial charge in [0.2, 0.25) is 0 Å². The van der Waals surface area contributed by atoms with Crippen LogP contribution in [-0.4, -0.2) is 20.4 Å². The lowest BCUT2D eigenvalue weighted by atomic mass is 10.3. The summed E-state index contributed by atoms with van der Waals surface area (Å²) in [6.07, 6.45) is 6.57. The highest BCUT2D eigenvalue weighted by Crippen LogP contribution is 2.17. The fourth-order valence-electron chi connectivity index (χ4n) is 1.55. The zero-order chi connectivity index (χ0) is 14.6. The van der Waals surface area contributed by atoms with Gasteiger partial charge in [0.1, 0.15) is 5.69 Å². The summed E-state index contributed by atoms with van der Waals surface area (Å²) in [6, 6.07) is 9.57. The van der Waals surface area contributed by atoms with Gasteiger partial charge < -0.3 is 5.32 Å². The highest BCUT2D eigenvalue weighted by atomic mass is 32.2. The maximum atomic E-state index is 12.2. The van der Waals surface area contributed by atoms with E-state index in [1.807, 2.05) is 0 Å². The van der Waals surface area contributed by atoms with Gasteiger partial charge >= 0.3 is 0 Å². The number of terminal acetylenes is 1. The van der Waals surface area contributed by atoms with Gasteiger partial charge in [-0.1, -0.05) is 5.92 Å². The summed E-state index contributed by atoms with van der Waals surface area (Å²) in [5, 5.41) is 2.92. The number of hydrogen-bond acceptors (Lipinski definition) is 4. The van der Waals surface area contributed by atoms with Crippen molar-refractivity contribution < 1.29 is 8.42 Å². The molecule has 1 aromatic carbocycles. The second kappa shape index (κ2) is 5.63. The van der Waals surface area contributed by atoms with Crippen molar-refractivity contribution in [2.45, 2.75) is 4.90 Å². The quantitative estimate of drug-likeness (QED) is 0.843. The third-order valence-corrected chi connectivity index (χ3v) is 4.01. The number of nitrogens with one attached hydrogen (secondary N) is 2. The Kier molecular flexibility index (Phi) is 3.91. The van der Waals surface area contributed by atoms with E-state index in [0.29, 0.717) is 11.4 Å². The Balaban J connectivity index is 2.23. The second-order valence-electron chi connectivity index (χ2n) is 3.96. The van der Waals surface area contributed by atoms with Gasteiger partial charge in [-0.25, -0.2) is 13.4 Å². The van der Waals surface area contributed by atoms with Crippen molar-refractivity contribution in [3.05, 3.63) is 48.3 Å². The number of pyridine rings is 1. The average Bonchev–Trinajstić information content (AvgIpc) is 2.48. The lowest BCUT2D eigenvalue weighted by Crippen LogP contribution is -2.13. The smallest absolute Gasteiger partial charge is 0.261 e. The van der Waals surface area contributed by atoms with Crippen LogP contribution in [0.5, 0.6) is 0 Å². The van der Waals surface area contributed by atoms with Crippen molar-refractivity contribution >= 4 is 21.4 Å². The number of benzene rings is 1. The predicted molar refractivity (Wildman–Crippen MR) is 79.0 cm³/mol. The molecule has 6 heteroatoms. The topological polar surface area (TPSA) is 71.1 Å². The number of sulfonamides is 1. The molecule has 0 aliphatic rings. The van der Waals surface area contributed by atoms with E-state index in [4.69, 9.17) is 6.42 Å². The van der Waals surface area contributed by atoms with E-state index in [1.165, 1.54) is 18.3 Å². The molecular formula is C14H13N3O2S. The first-order valence-electron chi connectivity index (χ1n) is 5.78. The first-order chi connectivity index (χ1) is 9.55. The van der Waals surface area contributed by atoms with Crippen LogP contribution in [0.3, 0.4) is 0 Å². The van der Waals surface area contributed by atoms with Crippen molar-refractivity contribution in [3.63, 3.8) is 0 Å². The Morgan fingerprint density at radius 3 is 2.25 bits per heavy atom. The maximum absolute atomic E-state index is 12.2. The number of aromatic nitrogens is 1. The van der Waals surface area contributed by atoms with Crippen LogP contribution >= 0.6 is 0 Å². The summed E-state index contributed by atoms with van der Waals surface area (Å²) in [7, 11) is -1.86. The van der Waals surface area contributed by atoms with E-state index in [9.17, 15) is 8.42 Å². The standard InChI is InChI=1S/C14H13N3O2S/c1-3-11-4-5-13(10-16-11)17-20(18,19)14-8-6-12(15-2)7-9-14/h1,4-10,15,17H,2H3. The van der Waals surface area contributed by atoms with Crippen LogP contribution in [0.15, 0.2) is 47.5 Å². The van der Waals surface area contributed by atoms with Crippen molar-refractivity contribution in [1.29, 1.82) is 0 Å². The fraction of sp³-hybridized carbons (Fsp3) is 0.0714. The van der Waals surface area contributed by atoms with Crippen LogP contribution < -0.4 is 10.0 Å².